The Labute approximate surface area is 129 Å². The predicted octanol–water partition coefficient (Wildman–Crippen LogP) is 1.59. The number of hydrogen-bond acceptors (Lipinski definition) is 4. The fraction of sp³-hybridized carbons (Fsp3) is 0.750. The van der Waals surface area contributed by atoms with E-state index in [1.165, 1.54) is 19.3 Å². The van der Waals surface area contributed by atoms with Gasteiger partial charge in [0.1, 0.15) is 5.70 Å². The molecule has 0 aromatic heterocycles. The Morgan fingerprint density at radius 2 is 1.68 bits per heavy atom. The van der Waals surface area contributed by atoms with E-state index in [0.717, 1.165) is 25.7 Å². The second kappa shape index (κ2) is 4.98. The number of rotatable bonds is 2. The molecule has 4 aliphatic rings. The standard InChI is InChI=1S/C16H22N2O4/c19-15(20)12-10-6-3-5-9-8-4-1-2-7-11(8)18(14(9)10)17-13(12)16(21)22/h8-11,14,17H,1-7H2,(H,19,20)(H,21,22)/t8-,9+,10+,11+,14-/m1/s1. The smallest absolute Gasteiger partial charge is 0.353 e. The summed E-state index contributed by atoms with van der Waals surface area (Å²) in [6.45, 7) is 0. The predicted molar refractivity (Wildman–Crippen MR) is 77.6 cm³/mol. The molecule has 0 spiro atoms. The minimum absolute atomic E-state index is 0.0945. The van der Waals surface area contributed by atoms with E-state index in [2.05, 4.69) is 10.4 Å². The van der Waals surface area contributed by atoms with E-state index in [9.17, 15) is 19.8 Å². The maximum Gasteiger partial charge on any atom is 0.353 e. The van der Waals surface area contributed by atoms with Crippen LogP contribution in [0.15, 0.2) is 11.3 Å². The monoisotopic (exact) mass is 306 g/mol. The average Bonchev–Trinajstić information content (AvgIpc) is 2.83. The lowest BCUT2D eigenvalue weighted by atomic mass is 9.68. The van der Waals surface area contributed by atoms with Crippen LogP contribution in [0.1, 0.15) is 44.9 Å². The molecule has 0 aromatic rings. The molecule has 6 heteroatoms. The molecule has 3 N–H and O–H groups in total. The minimum Gasteiger partial charge on any atom is -0.478 e. The number of carbonyl (C=O) groups is 2. The summed E-state index contributed by atoms with van der Waals surface area (Å²) in [6.07, 6.45) is 7.66. The van der Waals surface area contributed by atoms with Crippen LogP contribution in [0.2, 0.25) is 0 Å². The molecule has 2 aliphatic carbocycles. The van der Waals surface area contributed by atoms with Gasteiger partial charge in [-0.25, -0.2) is 14.6 Å². The number of nitrogens with zero attached hydrogens (tertiary/aromatic N) is 1. The van der Waals surface area contributed by atoms with Gasteiger partial charge in [0, 0.05) is 18.0 Å². The molecular weight excluding hydrogens is 284 g/mol. The third-order valence-electron chi connectivity index (χ3n) is 6.24. The van der Waals surface area contributed by atoms with E-state index in [4.69, 9.17) is 0 Å². The average molecular weight is 306 g/mol. The van der Waals surface area contributed by atoms with Crippen molar-refractivity contribution in [3.63, 3.8) is 0 Å². The van der Waals surface area contributed by atoms with Crippen molar-refractivity contribution in [2.45, 2.75) is 57.0 Å². The van der Waals surface area contributed by atoms with Crippen LogP contribution < -0.4 is 5.43 Å². The van der Waals surface area contributed by atoms with Crippen molar-refractivity contribution < 1.29 is 19.8 Å². The fourth-order valence-electron chi connectivity index (χ4n) is 5.56. The first-order valence-corrected chi connectivity index (χ1v) is 8.35. The summed E-state index contributed by atoms with van der Waals surface area (Å²) >= 11 is 0. The molecule has 4 rings (SSSR count). The lowest BCUT2D eigenvalue weighted by Crippen LogP contribution is -2.57. The van der Waals surface area contributed by atoms with Crippen molar-refractivity contribution in [1.82, 2.24) is 10.4 Å². The second-order valence-corrected chi connectivity index (χ2v) is 7.13. The molecule has 2 heterocycles. The third-order valence-corrected chi connectivity index (χ3v) is 6.24. The summed E-state index contributed by atoms with van der Waals surface area (Å²) in [5.74, 6) is -1.27. The molecule has 3 fully saturated rings. The van der Waals surface area contributed by atoms with Gasteiger partial charge in [-0.2, -0.15) is 0 Å². The van der Waals surface area contributed by atoms with Crippen LogP contribution in [0, 0.1) is 17.8 Å². The Kier molecular flexibility index (Phi) is 3.18. The van der Waals surface area contributed by atoms with E-state index >= 15 is 0 Å². The van der Waals surface area contributed by atoms with Crippen LogP contribution in [0.4, 0.5) is 0 Å². The molecule has 2 aliphatic heterocycles. The van der Waals surface area contributed by atoms with Crippen LogP contribution in [-0.4, -0.2) is 39.2 Å². The highest BCUT2D eigenvalue weighted by molar-refractivity contribution is 5.99. The van der Waals surface area contributed by atoms with Crippen LogP contribution in [0.25, 0.3) is 0 Å². The molecule has 22 heavy (non-hydrogen) atoms. The maximum atomic E-state index is 11.7. The summed E-state index contributed by atoms with van der Waals surface area (Å²) in [5.41, 5.74) is 2.99. The highest BCUT2D eigenvalue weighted by atomic mass is 16.4. The first kappa shape index (κ1) is 14.1. The molecule has 5 atom stereocenters. The molecule has 0 amide bonds. The van der Waals surface area contributed by atoms with Gasteiger partial charge in [0.05, 0.1) is 5.57 Å². The van der Waals surface area contributed by atoms with Crippen molar-refractivity contribution in [1.29, 1.82) is 0 Å². The van der Waals surface area contributed by atoms with Crippen LogP contribution in [0.5, 0.6) is 0 Å². The molecule has 0 bridgehead atoms. The molecular formula is C16H22N2O4. The molecule has 0 radical (unpaired) electrons. The van der Waals surface area contributed by atoms with Gasteiger partial charge >= 0.3 is 11.9 Å². The van der Waals surface area contributed by atoms with E-state index in [0.29, 0.717) is 17.9 Å². The zero-order valence-corrected chi connectivity index (χ0v) is 12.5. The number of fused-ring (bicyclic) bond motifs is 3. The minimum atomic E-state index is -1.16. The van der Waals surface area contributed by atoms with Crippen molar-refractivity contribution in [2.24, 2.45) is 17.8 Å². The highest BCUT2D eigenvalue weighted by Gasteiger charge is 2.57. The summed E-state index contributed by atoms with van der Waals surface area (Å²) in [5, 5.41) is 21.2. The van der Waals surface area contributed by atoms with Gasteiger partial charge in [0.25, 0.3) is 0 Å². The van der Waals surface area contributed by atoms with E-state index < -0.39 is 11.9 Å². The SMILES string of the molecule is O=C(O)C1=C(C(=O)O)[C@@H]2CCC[C@H]3[C@H]4CCCC[C@@H]4N(N1)[C@H]32. The number of aliphatic carboxylic acids is 2. The van der Waals surface area contributed by atoms with Crippen molar-refractivity contribution in [2.75, 3.05) is 0 Å². The molecule has 6 nitrogen and oxygen atoms in total. The number of carboxylic acid groups (broad SMARTS) is 2. The van der Waals surface area contributed by atoms with Gasteiger partial charge in [-0.15, -0.1) is 0 Å². The lowest BCUT2D eigenvalue weighted by Gasteiger charge is -2.44. The normalized spacial score (nSPS) is 40.6. The topological polar surface area (TPSA) is 89.9 Å². The van der Waals surface area contributed by atoms with Gasteiger partial charge in [-0.1, -0.05) is 19.3 Å². The lowest BCUT2D eigenvalue weighted by molar-refractivity contribution is -0.139. The first-order chi connectivity index (χ1) is 10.6. The van der Waals surface area contributed by atoms with Crippen LogP contribution in [-0.2, 0) is 9.59 Å². The summed E-state index contributed by atoms with van der Waals surface area (Å²) < 4.78 is 0. The Balaban J connectivity index is 1.79. The fourth-order valence-corrected chi connectivity index (χ4v) is 5.56. The first-order valence-electron chi connectivity index (χ1n) is 8.35. The van der Waals surface area contributed by atoms with Gasteiger partial charge < -0.3 is 15.6 Å². The van der Waals surface area contributed by atoms with Crippen LogP contribution >= 0.6 is 0 Å². The largest absolute Gasteiger partial charge is 0.478 e. The van der Waals surface area contributed by atoms with Gasteiger partial charge in [-0.05, 0) is 37.5 Å². The van der Waals surface area contributed by atoms with Crippen molar-refractivity contribution >= 4 is 11.9 Å². The van der Waals surface area contributed by atoms with Gasteiger partial charge in [0.2, 0.25) is 0 Å². The second-order valence-electron chi connectivity index (χ2n) is 7.13. The Morgan fingerprint density at radius 1 is 0.955 bits per heavy atom. The quantitative estimate of drug-likeness (QED) is 0.718. The zero-order valence-electron chi connectivity index (χ0n) is 12.5. The summed E-state index contributed by atoms with van der Waals surface area (Å²) in [6, 6.07) is 0.532. The number of hydrogen-bond donors (Lipinski definition) is 3. The van der Waals surface area contributed by atoms with Crippen LogP contribution in [0.3, 0.4) is 0 Å². The molecule has 2 saturated carbocycles. The van der Waals surface area contributed by atoms with E-state index in [-0.39, 0.29) is 23.2 Å². The van der Waals surface area contributed by atoms with Crippen molar-refractivity contribution in [3.8, 4) is 0 Å². The van der Waals surface area contributed by atoms with Gasteiger partial charge in [0.15, 0.2) is 0 Å². The number of hydrazine groups is 1. The molecule has 0 aromatic carbocycles. The summed E-state index contributed by atoms with van der Waals surface area (Å²) in [7, 11) is 0. The van der Waals surface area contributed by atoms with Crippen molar-refractivity contribution in [3.05, 3.63) is 11.3 Å². The van der Waals surface area contributed by atoms with Gasteiger partial charge in [-0.3, -0.25) is 0 Å². The molecule has 0 unspecified atom stereocenters. The Morgan fingerprint density at radius 3 is 2.41 bits per heavy atom. The number of nitrogens with one attached hydrogen (secondary N) is 1. The third kappa shape index (κ3) is 1.82. The maximum absolute atomic E-state index is 11.7. The number of carboxylic acids is 2. The Hall–Kier alpha value is -1.56. The molecule has 120 valence electrons. The van der Waals surface area contributed by atoms with E-state index in [1.807, 2.05) is 0 Å². The zero-order chi connectivity index (χ0) is 15.4. The Bertz CT molecular complexity index is 558. The summed E-state index contributed by atoms with van der Waals surface area (Å²) in [4.78, 5) is 23.3. The van der Waals surface area contributed by atoms with E-state index in [1.54, 1.807) is 0 Å². The molecule has 1 saturated heterocycles. The highest BCUT2D eigenvalue weighted by Crippen LogP contribution is 2.53.